The topological polar surface area (TPSA) is 69.7 Å². The number of anilines is 1. The second-order valence-electron chi connectivity index (χ2n) is 5.68. The Kier molecular flexibility index (Phi) is 5.56. The lowest BCUT2D eigenvalue weighted by Gasteiger charge is -2.12. The smallest absolute Gasteiger partial charge is 0.248 e. The first-order valence-electron chi connectivity index (χ1n) is 8.28. The van der Waals surface area contributed by atoms with Crippen LogP contribution in [-0.4, -0.2) is 32.2 Å². The normalized spacial score (nSPS) is 10.8. The van der Waals surface area contributed by atoms with Crippen LogP contribution < -0.4 is 19.5 Å². The third-order valence-electron chi connectivity index (χ3n) is 4.05. The van der Waals surface area contributed by atoms with E-state index in [1.54, 1.807) is 51.9 Å². The summed E-state index contributed by atoms with van der Waals surface area (Å²) in [6, 6.07) is 11.1. The molecule has 0 atom stereocenters. The van der Waals surface area contributed by atoms with E-state index in [0.717, 1.165) is 22.0 Å². The Morgan fingerprint density at radius 3 is 2.44 bits per heavy atom. The number of fused-ring (bicyclic) bond motifs is 1. The molecule has 138 valence electrons. The maximum Gasteiger partial charge on any atom is 0.248 e. The minimum atomic E-state index is -0.243. The molecule has 0 saturated heterocycles. The lowest BCUT2D eigenvalue weighted by Crippen LogP contribution is -2.08. The van der Waals surface area contributed by atoms with Gasteiger partial charge in [0.05, 0.1) is 21.3 Å². The number of aromatic nitrogens is 1. The van der Waals surface area contributed by atoms with Gasteiger partial charge in [0.25, 0.3) is 0 Å². The fraction of sp³-hybridized carbons (Fsp3) is 0.143. The van der Waals surface area contributed by atoms with Crippen LogP contribution in [0.4, 0.5) is 5.69 Å². The fourth-order valence-electron chi connectivity index (χ4n) is 2.78. The van der Waals surface area contributed by atoms with E-state index in [9.17, 15) is 4.79 Å². The number of methoxy groups -OCH3 is 3. The number of pyridine rings is 1. The van der Waals surface area contributed by atoms with Crippen LogP contribution >= 0.6 is 0 Å². The van der Waals surface area contributed by atoms with E-state index in [-0.39, 0.29) is 5.91 Å². The Balaban J connectivity index is 1.82. The molecule has 2 aromatic carbocycles. The molecule has 0 saturated carbocycles. The first kappa shape index (κ1) is 18.3. The van der Waals surface area contributed by atoms with Crippen molar-refractivity contribution in [3.8, 4) is 17.2 Å². The zero-order valence-corrected chi connectivity index (χ0v) is 15.4. The Bertz CT molecular complexity index is 968. The van der Waals surface area contributed by atoms with Gasteiger partial charge in [-0.15, -0.1) is 0 Å². The van der Waals surface area contributed by atoms with Crippen LogP contribution in [0.25, 0.3) is 16.8 Å². The summed E-state index contributed by atoms with van der Waals surface area (Å²) in [6.45, 7) is 0. The molecule has 0 bridgehead atoms. The van der Waals surface area contributed by atoms with Crippen molar-refractivity contribution in [2.75, 3.05) is 26.6 Å². The molecule has 1 N–H and O–H groups in total. The monoisotopic (exact) mass is 364 g/mol. The highest BCUT2D eigenvalue weighted by Gasteiger charge is 2.12. The first-order chi connectivity index (χ1) is 13.2. The van der Waals surface area contributed by atoms with Crippen molar-refractivity contribution in [1.29, 1.82) is 0 Å². The SMILES string of the molecule is COc1cc(C=CC(=O)Nc2cccc3cnccc23)cc(OC)c1OC. The standard InChI is InChI=1S/C21H20N2O4/c1-25-18-11-14(12-19(26-2)21(18)27-3)7-8-20(24)23-17-6-4-5-15-13-22-10-9-16(15)17/h4-13H,1-3H3,(H,23,24). The Hall–Kier alpha value is -3.54. The van der Waals surface area contributed by atoms with Crippen LogP contribution in [0.15, 0.2) is 54.9 Å². The number of amides is 1. The summed E-state index contributed by atoms with van der Waals surface area (Å²) in [5.41, 5.74) is 1.48. The van der Waals surface area contributed by atoms with Gasteiger partial charge < -0.3 is 19.5 Å². The number of hydrogen-bond donors (Lipinski definition) is 1. The summed E-state index contributed by atoms with van der Waals surface area (Å²) in [5, 5.41) is 4.79. The van der Waals surface area contributed by atoms with E-state index < -0.39 is 0 Å². The second kappa shape index (κ2) is 8.23. The number of nitrogens with zero attached hydrogens (tertiary/aromatic N) is 1. The van der Waals surface area contributed by atoms with Crippen LogP contribution in [0, 0.1) is 0 Å². The van der Waals surface area contributed by atoms with Gasteiger partial charge in [-0.3, -0.25) is 9.78 Å². The molecule has 0 aliphatic heterocycles. The van der Waals surface area contributed by atoms with Crippen LogP contribution in [0.3, 0.4) is 0 Å². The lowest BCUT2D eigenvalue weighted by atomic mass is 10.1. The van der Waals surface area contributed by atoms with Crippen LogP contribution in [-0.2, 0) is 4.79 Å². The zero-order valence-electron chi connectivity index (χ0n) is 15.4. The Labute approximate surface area is 157 Å². The van der Waals surface area contributed by atoms with Gasteiger partial charge in [0, 0.05) is 34.9 Å². The van der Waals surface area contributed by atoms with Gasteiger partial charge in [-0.1, -0.05) is 12.1 Å². The van der Waals surface area contributed by atoms with Gasteiger partial charge in [-0.05, 0) is 35.9 Å². The summed E-state index contributed by atoms with van der Waals surface area (Å²) in [5.74, 6) is 1.32. The molecule has 6 heteroatoms. The summed E-state index contributed by atoms with van der Waals surface area (Å²) in [7, 11) is 4.64. The van der Waals surface area contributed by atoms with E-state index in [4.69, 9.17) is 14.2 Å². The van der Waals surface area contributed by atoms with Crippen LogP contribution in [0.5, 0.6) is 17.2 Å². The van der Waals surface area contributed by atoms with E-state index in [0.29, 0.717) is 17.2 Å². The molecule has 0 spiro atoms. The molecule has 0 aliphatic rings. The predicted molar refractivity (Wildman–Crippen MR) is 106 cm³/mol. The lowest BCUT2D eigenvalue weighted by molar-refractivity contribution is -0.111. The Morgan fingerprint density at radius 2 is 1.78 bits per heavy atom. The maximum absolute atomic E-state index is 12.4. The molecule has 6 nitrogen and oxygen atoms in total. The quantitative estimate of drug-likeness (QED) is 0.672. The van der Waals surface area contributed by atoms with Gasteiger partial charge >= 0.3 is 0 Å². The Morgan fingerprint density at radius 1 is 1.04 bits per heavy atom. The first-order valence-corrected chi connectivity index (χ1v) is 8.28. The highest BCUT2D eigenvalue weighted by Crippen LogP contribution is 2.38. The van der Waals surface area contributed by atoms with Crippen molar-refractivity contribution in [2.45, 2.75) is 0 Å². The second-order valence-corrected chi connectivity index (χ2v) is 5.68. The van der Waals surface area contributed by atoms with E-state index in [2.05, 4.69) is 10.3 Å². The van der Waals surface area contributed by atoms with Crippen molar-refractivity contribution in [3.05, 3.63) is 60.4 Å². The summed E-state index contributed by atoms with van der Waals surface area (Å²) in [4.78, 5) is 16.5. The number of nitrogens with one attached hydrogen (secondary N) is 1. The highest BCUT2D eigenvalue weighted by molar-refractivity contribution is 6.07. The molecule has 3 aromatic rings. The van der Waals surface area contributed by atoms with Gasteiger partial charge in [-0.25, -0.2) is 0 Å². The van der Waals surface area contributed by atoms with Crippen molar-refractivity contribution < 1.29 is 19.0 Å². The molecule has 1 amide bonds. The van der Waals surface area contributed by atoms with E-state index in [1.165, 1.54) is 6.08 Å². The van der Waals surface area contributed by atoms with Gasteiger partial charge in [0.2, 0.25) is 11.7 Å². The minimum Gasteiger partial charge on any atom is -0.493 e. The fourth-order valence-corrected chi connectivity index (χ4v) is 2.78. The van der Waals surface area contributed by atoms with Crippen molar-refractivity contribution >= 4 is 28.4 Å². The van der Waals surface area contributed by atoms with E-state index in [1.807, 2.05) is 24.3 Å². The highest BCUT2D eigenvalue weighted by atomic mass is 16.5. The molecule has 27 heavy (non-hydrogen) atoms. The largest absolute Gasteiger partial charge is 0.493 e. The number of carbonyl (C=O) groups is 1. The van der Waals surface area contributed by atoms with Gasteiger partial charge in [0.1, 0.15) is 0 Å². The maximum atomic E-state index is 12.4. The number of ether oxygens (including phenoxy) is 3. The van der Waals surface area contributed by atoms with Crippen LogP contribution in [0.1, 0.15) is 5.56 Å². The summed E-state index contributed by atoms with van der Waals surface area (Å²) >= 11 is 0. The molecule has 0 radical (unpaired) electrons. The average molecular weight is 364 g/mol. The number of rotatable bonds is 6. The summed E-state index contributed by atoms with van der Waals surface area (Å²) in [6.07, 6.45) is 6.60. The average Bonchev–Trinajstić information content (AvgIpc) is 2.71. The number of benzene rings is 2. The zero-order chi connectivity index (χ0) is 19.2. The number of carbonyl (C=O) groups excluding carboxylic acids is 1. The molecule has 0 fully saturated rings. The van der Waals surface area contributed by atoms with Crippen molar-refractivity contribution in [3.63, 3.8) is 0 Å². The summed E-state index contributed by atoms with van der Waals surface area (Å²) < 4.78 is 15.9. The third kappa shape index (κ3) is 4.00. The van der Waals surface area contributed by atoms with Crippen LogP contribution in [0.2, 0.25) is 0 Å². The molecule has 1 aromatic heterocycles. The van der Waals surface area contributed by atoms with Crippen molar-refractivity contribution in [2.24, 2.45) is 0 Å². The third-order valence-corrected chi connectivity index (χ3v) is 4.05. The minimum absolute atomic E-state index is 0.243. The molecular weight excluding hydrogens is 344 g/mol. The molecule has 3 rings (SSSR count). The number of hydrogen-bond acceptors (Lipinski definition) is 5. The van der Waals surface area contributed by atoms with E-state index >= 15 is 0 Å². The molecule has 0 unspecified atom stereocenters. The molecule has 1 heterocycles. The predicted octanol–water partition coefficient (Wildman–Crippen LogP) is 3.91. The molecule has 0 aliphatic carbocycles. The van der Waals surface area contributed by atoms with Crippen molar-refractivity contribution in [1.82, 2.24) is 4.98 Å². The van der Waals surface area contributed by atoms with Gasteiger partial charge in [0.15, 0.2) is 11.5 Å². The van der Waals surface area contributed by atoms with Gasteiger partial charge in [-0.2, -0.15) is 0 Å². The molecular formula is C21H20N2O4.